The van der Waals surface area contributed by atoms with Crippen molar-refractivity contribution >= 4 is 11.9 Å². The molecule has 1 saturated heterocycles. The van der Waals surface area contributed by atoms with Gasteiger partial charge in [-0.15, -0.1) is 0 Å². The molecule has 1 rings (SSSR count). The molecule has 156 valence electrons. The zero-order chi connectivity index (χ0) is 20.4. The minimum atomic E-state index is -4.13. The van der Waals surface area contributed by atoms with E-state index in [2.05, 4.69) is 22.2 Å². The van der Waals surface area contributed by atoms with Gasteiger partial charge < -0.3 is 15.5 Å². The van der Waals surface area contributed by atoms with Gasteiger partial charge in [0.05, 0.1) is 6.54 Å². The van der Waals surface area contributed by atoms with Crippen LogP contribution in [0, 0.1) is 5.92 Å². The van der Waals surface area contributed by atoms with E-state index >= 15 is 0 Å². The molecule has 0 atom stereocenters. The van der Waals surface area contributed by atoms with E-state index in [0.717, 1.165) is 24.8 Å². The van der Waals surface area contributed by atoms with Crippen LogP contribution in [0.15, 0.2) is 17.1 Å². The summed E-state index contributed by atoms with van der Waals surface area (Å²) in [5.74, 6) is 0.846. The number of alkyl halides is 3. The minimum absolute atomic E-state index is 0.0500. The molecule has 1 heterocycles. The lowest BCUT2D eigenvalue weighted by Gasteiger charge is -2.32. The normalized spacial score (nSPS) is 16.9. The van der Waals surface area contributed by atoms with E-state index in [0.29, 0.717) is 38.1 Å². The van der Waals surface area contributed by atoms with Gasteiger partial charge >= 0.3 is 6.18 Å². The van der Waals surface area contributed by atoms with Crippen LogP contribution in [0.4, 0.5) is 13.2 Å². The highest BCUT2D eigenvalue weighted by atomic mass is 19.4. The molecular weight excluding hydrogens is 359 g/mol. The highest BCUT2D eigenvalue weighted by Gasteiger charge is 2.32. The Morgan fingerprint density at radius 3 is 2.41 bits per heavy atom. The minimum Gasteiger partial charge on any atom is -0.356 e. The molecule has 0 radical (unpaired) electrons. The molecule has 0 aromatic heterocycles. The van der Waals surface area contributed by atoms with E-state index in [1.807, 2.05) is 6.92 Å². The highest BCUT2D eigenvalue weighted by molar-refractivity contribution is 5.84. The number of hydrogen-bond donors (Lipinski definition) is 2. The van der Waals surface area contributed by atoms with Crippen molar-refractivity contribution in [2.24, 2.45) is 10.9 Å². The molecule has 0 aromatic carbocycles. The topological polar surface area (TPSA) is 60.0 Å². The van der Waals surface area contributed by atoms with Crippen molar-refractivity contribution in [3.63, 3.8) is 0 Å². The maximum absolute atomic E-state index is 12.4. The third kappa shape index (κ3) is 10.8. The number of halogens is 3. The van der Waals surface area contributed by atoms with Crippen LogP contribution in [0.2, 0.25) is 0 Å². The number of likely N-dealkylation sites (tertiary alicyclic amines) is 1. The van der Waals surface area contributed by atoms with Gasteiger partial charge in [0.1, 0.15) is 6.54 Å². The number of nitrogens with one attached hydrogen (secondary N) is 2. The van der Waals surface area contributed by atoms with E-state index in [-0.39, 0.29) is 12.5 Å². The van der Waals surface area contributed by atoms with Gasteiger partial charge in [-0.25, -0.2) is 4.99 Å². The third-order valence-electron chi connectivity index (χ3n) is 4.38. The Labute approximate surface area is 159 Å². The second-order valence-corrected chi connectivity index (χ2v) is 7.31. The van der Waals surface area contributed by atoms with Gasteiger partial charge in [-0.3, -0.25) is 9.69 Å². The van der Waals surface area contributed by atoms with E-state index in [9.17, 15) is 18.0 Å². The molecule has 0 aromatic rings. The first-order valence-corrected chi connectivity index (χ1v) is 9.22. The Morgan fingerprint density at radius 2 is 1.89 bits per heavy atom. The Bertz CT molecular complexity index is 512. The standard InChI is InChI=1S/C18H32F3N5O/c1-14(2)11-23-17(24-12-16(27)25(3)4)22-8-5-15-6-9-26(10-7-15)13-18(19,20)21/h15H,1,5-13H2,2-4H3,(H2,22,23,24). The molecule has 27 heavy (non-hydrogen) atoms. The maximum atomic E-state index is 12.4. The van der Waals surface area contributed by atoms with Gasteiger partial charge in [-0.05, 0) is 45.2 Å². The summed E-state index contributed by atoms with van der Waals surface area (Å²) in [5.41, 5.74) is 0.945. The number of rotatable bonds is 8. The molecule has 2 N–H and O–H groups in total. The van der Waals surface area contributed by atoms with Crippen molar-refractivity contribution in [1.29, 1.82) is 0 Å². The molecule has 1 amide bonds. The Balaban J connectivity index is 2.39. The average molecular weight is 391 g/mol. The monoisotopic (exact) mass is 391 g/mol. The molecule has 1 fully saturated rings. The van der Waals surface area contributed by atoms with Crippen molar-refractivity contribution in [2.45, 2.75) is 32.4 Å². The number of amides is 1. The fraction of sp³-hybridized carbons (Fsp3) is 0.778. The number of piperidine rings is 1. The fourth-order valence-corrected chi connectivity index (χ4v) is 2.78. The predicted octanol–water partition coefficient (Wildman–Crippen LogP) is 1.85. The quantitative estimate of drug-likeness (QED) is 0.377. The van der Waals surface area contributed by atoms with E-state index in [1.54, 1.807) is 14.1 Å². The smallest absolute Gasteiger partial charge is 0.356 e. The fourth-order valence-electron chi connectivity index (χ4n) is 2.78. The van der Waals surface area contributed by atoms with Crippen molar-refractivity contribution < 1.29 is 18.0 Å². The van der Waals surface area contributed by atoms with Gasteiger partial charge in [0, 0.05) is 27.2 Å². The van der Waals surface area contributed by atoms with Crippen LogP contribution in [0.25, 0.3) is 0 Å². The van der Waals surface area contributed by atoms with Crippen molar-refractivity contribution in [3.05, 3.63) is 12.2 Å². The molecular formula is C18H32F3N5O. The SMILES string of the molecule is C=C(C)CNC(=NCC(=O)N(C)C)NCCC1CCN(CC(F)(F)F)CC1. The number of likely N-dealkylation sites (N-methyl/N-ethyl adjacent to an activating group) is 1. The zero-order valence-corrected chi connectivity index (χ0v) is 16.5. The largest absolute Gasteiger partial charge is 0.401 e. The summed E-state index contributed by atoms with van der Waals surface area (Å²) < 4.78 is 37.3. The van der Waals surface area contributed by atoms with E-state index in [1.165, 1.54) is 9.80 Å². The first kappa shape index (κ1) is 23.3. The molecule has 0 aliphatic carbocycles. The van der Waals surface area contributed by atoms with Gasteiger partial charge in [-0.1, -0.05) is 12.2 Å². The van der Waals surface area contributed by atoms with Crippen LogP contribution in [0.3, 0.4) is 0 Å². The number of carbonyl (C=O) groups excluding carboxylic acids is 1. The van der Waals surface area contributed by atoms with Crippen LogP contribution in [-0.4, -0.2) is 81.2 Å². The van der Waals surface area contributed by atoms with Crippen molar-refractivity contribution in [3.8, 4) is 0 Å². The molecule has 1 aliphatic rings. The molecule has 0 bridgehead atoms. The number of carbonyl (C=O) groups is 1. The van der Waals surface area contributed by atoms with Gasteiger partial charge in [0.25, 0.3) is 0 Å². The molecule has 9 heteroatoms. The Hall–Kier alpha value is -1.77. The number of nitrogens with zero attached hydrogens (tertiary/aromatic N) is 3. The van der Waals surface area contributed by atoms with Crippen LogP contribution in [0.5, 0.6) is 0 Å². The second kappa shape index (κ2) is 11.2. The summed E-state index contributed by atoms with van der Waals surface area (Å²) in [6, 6.07) is 0. The highest BCUT2D eigenvalue weighted by Crippen LogP contribution is 2.23. The lowest BCUT2D eigenvalue weighted by molar-refractivity contribution is -0.148. The first-order valence-electron chi connectivity index (χ1n) is 9.22. The van der Waals surface area contributed by atoms with Crippen molar-refractivity contribution in [1.82, 2.24) is 20.4 Å². The molecule has 1 aliphatic heterocycles. The van der Waals surface area contributed by atoms with Crippen molar-refractivity contribution in [2.75, 3.05) is 53.4 Å². The summed E-state index contributed by atoms with van der Waals surface area (Å²) >= 11 is 0. The maximum Gasteiger partial charge on any atom is 0.401 e. The third-order valence-corrected chi connectivity index (χ3v) is 4.38. The lowest BCUT2D eigenvalue weighted by Crippen LogP contribution is -2.42. The number of guanidine groups is 1. The Morgan fingerprint density at radius 1 is 1.26 bits per heavy atom. The van der Waals surface area contributed by atoms with Crippen LogP contribution >= 0.6 is 0 Å². The van der Waals surface area contributed by atoms with Gasteiger partial charge in [0.15, 0.2) is 5.96 Å². The van der Waals surface area contributed by atoms with E-state index in [4.69, 9.17) is 0 Å². The average Bonchev–Trinajstić information content (AvgIpc) is 2.56. The first-order chi connectivity index (χ1) is 12.6. The zero-order valence-electron chi connectivity index (χ0n) is 16.5. The summed E-state index contributed by atoms with van der Waals surface area (Å²) in [4.78, 5) is 18.9. The molecule has 6 nitrogen and oxygen atoms in total. The number of aliphatic imine (C=N–C) groups is 1. The van der Waals surface area contributed by atoms with E-state index < -0.39 is 12.7 Å². The van der Waals surface area contributed by atoms with Gasteiger partial charge in [0.2, 0.25) is 5.91 Å². The molecule has 0 unspecified atom stereocenters. The summed E-state index contributed by atoms with van der Waals surface area (Å²) in [6.45, 7) is 7.13. The van der Waals surface area contributed by atoms with Gasteiger partial charge in [-0.2, -0.15) is 13.2 Å². The Kier molecular flexibility index (Phi) is 9.62. The predicted molar refractivity (Wildman–Crippen MR) is 102 cm³/mol. The molecule has 0 saturated carbocycles. The van der Waals surface area contributed by atoms with Crippen LogP contribution in [0.1, 0.15) is 26.2 Å². The summed E-state index contributed by atoms with van der Waals surface area (Å²) in [5, 5.41) is 6.32. The second-order valence-electron chi connectivity index (χ2n) is 7.31. The van der Waals surface area contributed by atoms with Crippen LogP contribution in [-0.2, 0) is 4.79 Å². The van der Waals surface area contributed by atoms with Crippen LogP contribution < -0.4 is 10.6 Å². The molecule has 0 spiro atoms. The number of hydrogen-bond acceptors (Lipinski definition) is 3. The lowest BCUT2D eigenvalue weighted by atomic mass is 9.93. The summed E-state index contributed by atoms with van der Waals surface area (Å²) in [6.07, 6.45) is -1.74. The summed E-state index contributed by atoms with van der Waals surface area (Å²) in [7, 11) is 3.36.